The van der Waals surface area contributed by atoms with Gasteiger partial charge in [0.2, 0.25) is 0 Å². The Labute approximate surface area is 150 Å². The number of ketones is 1. The van der Waals surface area contributed by atoms with Crippen molar-refractivity contribution in [2.75, 3.05) is 19.6 Å². The Kier molecular flexibility index (Phi) is 5.30. The van der Waals surface area contributed by atoms with Gasteiger partial charge in [0, 0.05) is 30.3 Å². The highest BCUT2D eigenvalue weighted by molar-refractivity contribution is 6.44. The minimum Gasteiger partial charge on any atom is -0.381 e. The molecule has 2 aliphatic carbocycles. The fourth-order valence-corrected chi connectivity index (χ4v) is 4.33. The van der Waals surface area contributed by atoms with E-state index in [1.807, 2.05) is 18.7 Å². The molecule has 4 atom stereocenters. The van der Waals surface area contributed by atoms with Crippen LogP contribution in [-0.4, -0.2) is 41.9 Å². The first-order valence-electron chi connectivity index (χ1n) is 9.83. The number of hydrogen-bond acceptors (Lipinski definition) is 4. The number of nitrogens with one attached hydrogen (secondary N) is 2. The molecule has 1 saturated carbocycles. The lowest BCUT2D eigenvalue weighted by molar-refractivity contribution is -0.125. The number of nitrogens with zero attached hydrogens (tertiary/aromatic N) is 1. The Morgan fingerprint density at radius 3 is 2.60 bits per heavy atom. The molecule has 0 bridgehead atoms. The molecular weight excluding hydrogens is 314 g/mol. The summed E-state index contributed by atoms with van der Waals surface area (Å²) in [5.41, 5.74) is 2.03. The van der Waals surface area contributed by atoms with Crippen molar-refractivity contribution in [3.8, 4) is 0 Å². The summed E-state index contributed by atoms with van der Waals surface area (Å²) in [7, 11) is 0. The highest BCUT2D eigenvalue weighted by Gasteiger charge is 2.56. The number of fused-ring (bicyclic) bond motifs is 1. The summed E-state index contributed by atoms with van der Waals surface area (Å²) in [6.07, 6.45) is 4.97. The maximum atomic E-state index is 12.8. The van der Waals surface area contributed by atoms with Gasteiger partial charge in [-0.2, -0.15) is 0 Å². The average molecular weight is 345 g/mol. The minimum atomic E-state index is -0.123. The number of Topliss-reactive ketones (excluding diaryl/α,β-unsaturated/α-hetero) is 1. The minimum absolute atomic E-state index is 0.0563. The predicted octanol–water partition coefficient (Wildman–Crippen LogP) is 2.76. The molecule has 0 aromatic heterocycles. The first kappa shape index (κ1) is 18.2. The van der Waals surface area contributed by atoms with Crippen LogP contribution in [0.3, 0.4) is 0 Å². The van der Waals surface area contributed by atoms with Gasteiger partial charge in [-0.3, -0.25) is 15.0 Å². The molecule has 5 nitrogen and oxygen atoms in total. The number of likely N-dealkylation sites (tertiary alicyclic amines) is 1. The second-order valence-electron chi connectivity index (χ2n) is 8.00. The van der Waals surface area contributed by atoms with Crippen LogP contribution in [0.15, 0.2) is 11.3 Å². The molecule has 1 amide bonds. The van der Waals surface area contributed by atoms with E-state index in [4.69, 9.17) is 5.41 Å². The van der Waals surface area contributed by atoms with Crippen molar-refractivity contribution >= 4 is 17.4 Å². The number of allylic oxidation sites excluding steroid dienone is 1. The molecule has 4 unspecified atom stereocenters. The molecule has 1 aliphatic heterocycles. The monoisotopic (exact) mass is 345 g/mol. The van der Waals surface area contributed by atoms with E-state index in [1.165, 1.54) is 6.42 Å². The number of piperidine rings is 1. The average Bonchev–Trinajstić information content (AvgIpc) is 3.08. The quantitative estimate of drug-likeness (QED) is 0.697. The van der Waals surface area contributed by atoms with Gasteiger partial charge in [-0.1, -0.05) is 20.8 Å². The van der Waals surface area contributed by atoms with E-state index in [9.17, 15) is 9.59 Å². The molecule has 138 valence electrons. The molecule has 3 aliphatic rings. The van der Waals surface area contributed by atoms with Crippen molar-refractivity contribution in [1.82, 2.24) is 10.2 Å². The molecule has 1 saturated heterocycles. The van der Waals surface area contributed by atoms with Gasteiger partial charge in [0.15, 0.2) is 5.78 Å². The van der Waals surface area contributed by atoms with Gasteiger partial charge in [0.25, 0.3) is 5.91 Å². The van der Waals surface area contributed by atoms with Crippen LogP contribution in [0.1, 0.15) is 52.9 Å². The zero-order chi connectivity index (χ0) is 18.1. The summed E-state index contributed by atoms with van der Waals surface area (Å²) in [5, 5.41) is 11.8. The molecule has 3 rings (SSSR count). The van der Waals surface area contributed by atoms with Crippen molar-refractivity contribution in [2.45, 2.75) is 52.9 Å². The van der Waals surface area contributed by atoms with Gasteiger partial charge in [-0.15, -0.1) is 0 Å². The molecule has 1 heterocycles. The summed E-state index contributed by atoms with van der Waals surface area (Å²) < 4.78 is 0. The van der Waals surface area contributed by atoms with Crippen LogP contribution in [-0.2, 0) is 9.59 Å². The van der Waals surface area contributed by atoms with Crippen molar-refractivity contribution in [3.63, 3.8) is 0 Å². The molecule has 25 heavy (non-hydrogen) atoms. The topological polar surface area (TPSA) is 73.3 Å². The van der Waals surface area contributed by atoms with E-state index in [-0.39, 0.29) is 23.3 Å². The SMILES string of the molecule is CCC(C)C(=O)CNC1=C(C(=N)C(=O)N2CCCCC2)C2C(C)C2C1. The van der Waals surface area contributed by atoms with Crippen LogP contribution >= 0.6 is 0 Å². The molecule has 2 fully saturated rings. The third-order valence-electron chi connectivity index (χ3n) is 6.42. The molecule has 2 N–H and O–H groups in total. The van der Waals surface area contributed by atoms with Gasteiger partial charge in [-0.05, 0) is 49.9 Å². The smallest absolute Gasteiger partial charge is 0.272 e. The van der Waals surface area contributed by atoms with E-state index in [0.717, 1.165) is 50.0 Å². The fraction of sp³-hybridized carbons (Fsp3) is 0.750. The van der Waals surface area contributed by atoms with E-state index >= 15 is 0 Å². The Morgan fingerprint density at radius 2 is 1.96 bits per heavy atom. The third-order valence-corrected chi connectivity index (χ3v) is 6.42. The molecular formula is C20H31N3O2. The molecule has 0 aromatic rings. The number of rotatable bonds is 7. The van der Waals surface area contributed by atoms with Gasteiger partial charge < -0.3 is 10.2 Å². The Morgan fingerprint density at radius 1 is 1.28 bits per heavy atom. The van der Waals surface area contributed by atoms with Crippen molar-refractivity contribution < 1.29 is 9.59 Å². The van der Waals surface area contributed by atoms with Gasteiger partial charge in [0.05, 0.1) is 6.54 Å². The van der Waals surface area contributed by atoms with Crippen LogP contribution < -0.4 is 5.32 Å². The Balaban J connectivity index is 1.71. The Hall–Kier alpha value is -1.65. The molecule has 5 heteroatoms. The van der Waals surface area contributed by atoms with Crippen LogP contribution in [0.25, 0.3) is 0 Å². The summed E-state index contributed by atoms with van der Waals surface area (Å²) in [6, 6.07) is 0. The second kappa shape index (κ2) is 7.30. The largest absolute Gasteiger partial charge is 0.381 e. The van der Waals surface area contributed by atoms with Crippen LogP contribution in [0, 0.1) is 29.1 Å². The van der Waals surface area contributed by atoms with Gasteiger partial charge >= 0.3 is 0 Å². The van der Waals surface area contributed by atoms with E-state index in [1.54, 1.807) is 0 Å². The van der Waals surface area contributed by atoms with Crippen molar-refractivity contribution in [1.29, 1.82) is 5.41 Å². The zero-order valence-corrected chi connectivity index (χ0v) is 15.7. The highest BCUT2D eigenvalue weighted by atomic mass is 16.2. The lowest BCUT2D eigenvalue weighted by atomic mass is 10.00. The number of hydrogen-bond donors (Lipinski definition) is 2. The molecule has 0 aromatic carbocycles. The fourth-order valence-electron chi connectivity index (χ4n) is 4.33. The van der Waals surface area contributed by atoms with Crippen molar-refractivity contribution in [3.05, 3.63) is 11.3 Å². The van der Waals surface area contributed by atoms with Crippen LogP contribution in [0.4, 0.5) is 0 Å². The summed E-state index contributed by atoms with van der Waals surface area (Å²) >= 11 is 0. The maximum Gasteiger partial charge on any atom is 0.272 e. The summed E-state index contributed by atoms with van der Waals surface area (Å²) in [6.45, 7) is 8.03. The van der Waals surface area contributed by atoms with Crippen molar-refractivity contribution in [2.24, 2.45) is 23.7 Å². The van der Waals surface area contributed by atoms with E-state index < -0.39 is 0 Å². The van der Waals surface area contributed by atoms with E-state index in [0.29, 0.717) is 24.3 Å². The third kappa shape index (κ3) is 3.51. The van der Waals surface area contributed by atoms with E-state index in [2.05, 4.69) is 12.2 Å². The predicted molar refractivity (Wildman–Crippen MR) is 98.4 cm³/mol. The number of carbonyl (C=O) groups excluding carboxylic acids is 2. The summed E-state index contributed by atoms with van der Waals surface area (Å²) in [4.78, 5) is 26.7. The van der Waals surface area contributed by atoms with Gasteiger partial charge in [0.1, 0.15) is 5.71 Å². The van der Waals surface area contributed by atoms with Gasteiger partial charge in [-0.25, -0.2) is 0 Å². The molecule has 0 spiro atoms. The summed E-state index contributed by atoms with van der Waals surface area (Å²) in [5.74, 6) is 1.58. The lowest BCUT2D eigenvalue weighted by Gasteiger charge is -2.27. The number of amides is 1. The van der Waals surface area contributed by atoms with Crippen LogP contribution in [0.2, 0.25) is 0 Å². The van der Waals surface area contributed by atoms with Crippen LogP contribution in [0.5, 0.6) is 0 Å². The standard InChI is InChI=1S/C20H31N3O2/c1-4-12(2)16(24)11-22-15-10-14-13(3)17(14)18(15)19(21)20(25)23-8-6-5-7-9-23/h12-14,17,21-22H,4-11H2,1-3H3. The first-order valence-corrected chi connectivity index (χ1v) is 9.83. The normalized spacial score (nSPS) is 29.2. The first-order chi connectivity index (χ1) is 12.0. The highest BCUT2D eigenvalue weighted by Crippen LogP contribution is 2.59. The second-order valence-corrected chi connectivity index (χ2v) is 8.00. The maximum absolute atomic E-state index is 12.8. The molecule has 0 radical (unpaired) electrons. The zero-order valence-electron chi connectivity index (χ0n) is 15.7. The Bertz CT molecular complexity index is 604. The lowest BCUT2D eigenvalue weighted by Crippen LogP contribution is -2.41. The number of carbonyl (C=O) groups is 2.